The smallest absolute Gasteiger partial charge is 0.309 e. The van der Waals surface area contributed by atoms with Gasteiger partial charge in [0.05, 0.1) is 28.0 Å². The van der Waals surface area contributed by atoms with Crippen molar-refractivity contribution in [3.8, 4) is 0 Å². The molecule has 0 aliphatic heterocycles. The summed E-state index contributed by atoms with van der Waals surface area (Å²) in [6, 6.07) is 7.97. The number of ether oxygens (including phenoxy) is 1. The van der Waals surface area contributed by atoms with Crippen LogP contribution in [0.1, 0.15) is 71.6 Å². The number of thiazole rings is 1. The van der Waals surface area contributed by atoms with Crippen LogP contribution in [0.15, 0.2) is 40.3 Å². The number of hydrogen-bond donors (Lipinski definition) is 1. The third-order valence-corrected chi connectivity index (χ3v) is 13.4. The number of aliphatic hydroxyl groups excluding tert-OH is 1. The van der Waals surface area contributed by atoms with E-state index in [0.29, 0.717) is 19.3 Å². The molecular weight excluding hydrogens is 542 g/mol. The van der Waals surface area contributed by atoms with Crippen LogP contribution in [0.4, 0.5) is 0 Å². The summed E-state index contributed by atoms with van der Waals surface area (Å²) < 4.78 is 8.32. The highest BCUT2D eigenvalue weighted by Gasteiger charge is 2.70. The molecule has 212 valence electrons. The van der Waals surface area contributed by atoms with Gasteiger partial charge >= 0.3 is 5.97 Å². The number of para-hydroxylation sites is 1. The summed E-state index contributed by atoms with van der Waals surface area (Å²) in [6.45, 7) is 4.35. The van der Waals surface area contributed by atoms with Crippen molar-refractivity contribution >= 4 is 50.9 Å². The van der Waals surface area contributed by atoms with Crippen LogP contribution in [0.25, 0.3) is 10.2 Å². The lowest BCUT2D eigenvalue weighted by molar-refractivity contribution is -0.200. The second-order valence-corrected chi connectivity index (χ2v) is 15.6. The Hall–Kier alpha value is -2.03. The molecule has 7 rings (SSSR count). The summed E-state index contributed by atoms with van der Waals surface area (Å²) in [4.78, 5) is 44.5. The molecule has 5 aliphatic carbocycles. The van der Waals surface area contributed by atoms with Crippen LogP contribution in [-0.2, 0) is 19.1 Å². The van der Waals surface area contributed by atoms with Crippen molar-refractivity contribution in [3.05, 3.63) is 35.9 Å². The second kappa shape index (κ2) is 9.50. The number of carbonyl (C=O) groups excluding carboxylic acids is 3. The van der Waals surface area contributed by atoms with Gasteiger partial charge < -0.3 is 9.84 Å². The molecule has 5 aliphatic rings. The summed E-state index contributed by atoms with van der Waals surface area (Å²) in [5.74, 6) is 0.458. The average molecular weight is 580 g/mol. The molecule has 8 heteroatoms. The molecule has 40 heavy (non-hydrogen) atoms. The van der Waals surface area contributed by atoms with E-state index in [1.165, 1.54) is 17.3 Å². The number of Topliss-reactive ketones (excluding diaryl/α,β-unsaturated/α-hetero) is 1. The van der Waals surface area contributed by atoms with Gasteiger partial charge in [-0.2, -0.15) is 0 Å². The van der Waals surface area contributed by atoms with E-state index in [4.69, 9.17) is 9.72 Å². The van der Waals surface area contributed by atoms with Crippen molar-refractivity contribution < 1.29 is 24.2 Å². The average Bonchev–Trinajstić information content (AvgIpc) is 3.63. The van der Waals surface area contributed by atoms with Gasteiger partial charge in [-0.3, -0.25) is 14.4 Å². The van der Waals surface area contributed by atoms with Gasteiger partial charge in [-0.05, 0) is 92.7 Å². The number of aliphatic hydroxyl groups is 1. The zero-order valence-electron chi connectivity index (χ0n) is 23.2. The number of carbonyl (C=O) groups is 3. The van der Waals surface area contributed by atoms with Crippen molar-refractivity contribution in [2.75, 3.05) is 5.75 Å². The first-order chi connectivity index (χ1) is 19.1. The molecule has 6 nitrogen and oxygen atoms in total. The Balaban J connectivity index is 1.20. The SMILES string of the molecule is CC12CCC(=O)C=C1CCC1C2C(O)CC2(C)C1CC[C@]2(OC(=O)C1CC1)C(=O)CSc1nc2ccccc2s1. The predicted octanol–water partition coefficient (Wildman–Crippen LogP) is 6.15. The fourth-order valence-electron chi connectivity index (χ4n) is 9.09. The van der Waals surface area contributed by atoms with Crippen molar-refractivity contribution in [2.45, 2.75) is 87.7 Å². The molecule has 4 saturated carbocycles. The molecule has 0 spiro atoms. The first-order valence-electron chi connectivity index (χ1n) is 14.8. The van der Waals surface area contributed by atoms with Crippen LogP contribution in [0.3, 0.4) is 0 Å². The number of nitrogens with zero attached hydrogens (tertiary/aromatic N) is 1. The number of allylic oxidation sites excluding steroid dienone is 1. The Kier molecular flexibility index (Phi) is 6.37. The fraction of sp³-hybridized carbons (Fsp3) is 0.625. The minimum atomic E-state index is -1.23. The molecule has 7 atom stereocenters. The van der Waals surface area contributed by atoms with Crippen LogP contribution in [0.2, 0.25) is 0 Å². The van der Waals surface area contributed by atoms with E-state index < -0.39 is 17.1 Å². The maximum Gasteiger partial charge on any atom is 0.309 e. The Morgan fingerprint density at radius 1 is 1.12 bits per heavy atom. The summed E-state index contributed by atoms with van der Waals surface area (Å²) in [6.07, 6.45) is 7.71. The van der Waals surface area contributed by atoms with Gasteiger partial charge in [0.1, 0.15) is 0 Å². The number of benzene rings is 1. The Bertz CT molecular complexity index is 1400. The molecule has 6 unspecified atom stereocenters. The summed E-state index contributed by atoms with van der Waals surface area (Å²) in [5, 5.41) is 11.9. The number of ketones is 2. The van der Waals surface area contributed by atoms with Crippen molar-refractivity contribution in [3.63, 3.8) is 0 Å². The lowest BCUT2D eigenvalue weighted by Gasteiger charge is -2.60. The van der Waals surface area contributed by atoms with Crippen LogP contribution in [0.5, 0.6) is 0 Å². The van der Waals surface area contributed by atoms with Crippen LogP contribution in [0, 0.1) is 34.5 Å². The molecule has 0 radical (unpaired) electrons. The van der Waals surface area contributed by atoms with Crippen molar-refractivity contribution in [2.24, 2.45) is 34.5 Å². The number of aromatic nitrogens is 1. The van der Waals surface area contributed by atoms with E-state index in [2.05, 4.69) is 13.8 Å². The highest BCUT2D eigenvalue weighted by Crippen LogP contribution is 2.68. The first-order valence-corrected chi connectivity index (χ1v) is 16.6. The Labute approximate surface area is 243 Å². The van der Waals surface area contributed by atoms with Gasteiger partial charge in [0.15, 0.2) is 21.5 Å². The third kappa shape index (κ3) is 3.99. The van der Waals surface area contributed by atoms with E-state index in [1.54, 1.807) is 11.3 Å². The Morgan fingerprint density at radius 3 is 2.70 bits per heavy atom. The zero-order chi connectivity index (χ0) is 27.9. The highest BCUT2D eigenvalue weighted by molar-refractivity contribution is 8.01. The van der Waals surface area contributed by atoms with E-state index in [-0.39, 0.29) is 52.4 Å². The minimum absolute atomic E-state index is 0.0488. The number of thioether (sulfide) groups is 1. The zero-order valence-corrected chi connectivity index (χ0v) is 24.8. The van der Waals surface area contributed by atoms with Crippen molar-refractivity contribution in [1.82, 2.24) is 4.98 Å². The molecular formula is C32H37NO5S2. The molecule has 4 fully saturated rings. The van der Waals surface area contributed by atoms with Gasteiger partial charge in [-0.1, -0.05) is 43.3 Å². The topological polar surface area (TPSA) is 93.6 Å². The fourth-order valence-corrected chi connectivity index (χ4v) is 11.1. The van der Waals surface area contributed by atoms with Crippen LogP contribution in [-0.4, -0.2) is 45.1 Å². The summed E-state index contributed by atoms with van der Waals surface area (Å²) in [7, 11) is 0. The van der Waals surface area contributed by atoms with Gasteiger partial charge in [0.2, 0.25) is 0 Å². The Morgan fingerprint density at radius 2 is 1.93 bits per heavy atom. The highest BCUT2D eigenvalue weighted by atomic mass is 32.2. The largest absolute Gasteiger partial charge is 0.450 e. The first kappa shape index (κ1) is 26.8. The maximum atomic E-state index is 14.3. The van der Waals surface area contributed by atoms with Crippen LogP contribution < -0.4 is 0 Å². The number of esters is 1. The molecule has 1 N–H and O–H groups in total. The standard InChI is InChI=1S/C32H37NO5S2/c1-30-13-11-20(34)15-19(30)9-10-21-22-12-14-32(38-28(37)18-7-8-18,31(22,2)16-24(35)27(21)30)26(36)17-39-29-33-23-5-3-4-6-25(23)40-29/h3-6,15,18,21-22,24,27,35H,7-14,16-17H2,1-2H3/t21?,22?,24?,27?,30?,31?,32-/m0/s1. The van der Waals surface area contributed by atoms with Gasteiger partial charge in [-0.15, -0.1) is 11.3 Å². The molecule has 1 aromatic heterocycles. The van der Waals surface area contributed by atoms with Gasteiger partial charge in [0.25, 0.3) is 0 Å². The van der Waals surface area contributed by atoms with E-state index in [1.807, 2.05) is 30.3 Å². The maximum absolute atomic E-state index is 14.3. The number of fused-ring (bicyclic) bond motifs is 6. The molecule has 1 aromatic carbocycles. The van der Waals surface area contributed by atoms with E-state index in [9.17, 15) is 19.5 Å². The van der Waals surface area contributed by atoms with Crippen LogP contribution >= 0.6 is 23.1 Å². The lowest BCUT2D eigenvalue weighted by Crippen LogP contribution is -2.63. The van der Waals surface area contributed by atoms with E-state index >= 15 is 0 Å². The molecule has 0 amide bonds. The number of hydrogen-bond acceptors (Lipinski definition) is 8. The normalized spacial score (nSPS) is 38.8. The molecule has 0 bridgehead atoms. The quantitative estimate of drug-likeness (QED) is 0.324. The molecule has 1 heterocycles. The summed E-state index contributed by atoms with van der Waals surface area (Å²) in [5.41, 5.74) is 0.0636. The number of rotatable bonds is 6. The minimum Gasteiger partial charge on any atom is -0.450 e. The van der Waals surface area contributed by atoms with Gasteiger partial charge in [-0.25, -0.2) is 4.98 Å². The van der Waals surface area contributed by atoms with E-state index in [0.717, 1.165) is 53.1 Å². The molecule has 0 saturated heterocycles. The third-order valence-electron chi connectivity index (χ3n) is 11.3. The second-order valence-electron chi connectivity index (χ2n) is 13.3. The van der Waals surface area contributed by atoms with Gasteiger partial charge in [0, 0.05) is 11.8 Å². The predicted molar refractivity (Wildman–Crippen MR) is 155 cm³/mol. The lowest BCUT2D eigenvalue weighted by atomic mass is 9.45. The monoisotopic (exact) mass is 579 g/mol. The molecule has 2 aromatic rings. The summed E-state index contributed by atoms with van der Waals surface area (Å²) >= 11 is 3.01. The van der Waals surface area contributed by atoms with Crippen molar-refractivity contribution in [1.29, 1.82) is 0 Å².